The van der Waals surface area contributed by atoms with Crippen molar-refractivity contribution < 1.29 is 4.74 Å². The first-order chi connectivity index (χ1) is 7.29. The van der Waals surface area contributed by atoms with Crippen LogP contribution in [0.15, 0.2) is 0 Å². The Labute approximate surface area is 93.0 Å². The highest BCUT2D eigenvalue weighted by Crippen LogP contribution is 2.31. The second-order valence-corrected chi connectivity index (χ2v) is 5.13. The van der Waals surface area contributed by atoms with Crippen LogP contribution in [-0.4, -0.2) is 43.8 Å². The third-order valence-electron chi connectivity index (χ3n) is 3.94. The predicted octanol–water partition coefficient (Wildman–Crippen LogP) is 1.08. The Morgan fingerprint density at radius 1 is 1.33 bits per heavy atom. The van der Waals surface area contributed by atoms with Crippen molar-refractivity contribution in [1.29, 1.82) is 0 Å². The summed E-state index contributed by atoms with van der Waals surface area (Å²) in [6, 6.07) is 0. The van der Waals surface area contributed by atoms with Crippen LogP contribution in [0.25, 0.3) is 0 Å². The molecule has 15 heavy (non-hydrogen) atoms. The molecule has 3 atom stereocenters. The number of nitrogens with zero attached hydrogens (tertiary/aromatic N) is 1. The first-order valence-electron chi connectivity index (χ1n) is 6.33. The van der Waals surface area contributed by atoms with Crippen molar-refractivity contribution in [2.24, 2.45) is 17.6 Å². The van der Waals surface area contributed by atoms with Gasteiger partial charge in [0.15, 0.2) is 0 Å². The van der Waals surface area contributed by atoms with E-state index in [0.29, 0.717) is 6.10 Å². The van der Waals surface area contributed by atoms with Crippen LogP contribution in [0.1, 0.15) is 26.2 Å². The van der Waals surface area contributed by atoms with E-state index in [1.165, 1.54) is 25.8 Å². The van der Waals surface area contributed by atoms with Gasteiger partial charge in [-0.1, -0.05) is 6.42 Å². The number of ether oxygens (including phenoxy) is 1. The second-order valence-electron chi connectivity index (χ2n) is 5.13. The molecule has 88 valence electrons. The number of nitrogens with two attached hydrogens (primary N) is 1. The van der Waals surface area contributed by atoms with Crippen molar-refractivity contribution in [1.82, 2.24) is 4.90 Å². The molecule has 1 saturated heterocycles. The van der Waals surface area contributed by atoms with E-state index in [9.17, 15) is 0 Å². The predicted molar refractivity (Wildman–Crippen MR) is 61.7 cm³/mol. The van der Waals surface area contributed by atoms with Crippen molar-refractivity contribution in [2.45, 2.75) is 32.3 Å². The van der Waals surface area contributed by atoms with Crippen molar-refractivity contribution in [3.63, 3.8) is 0 Å². The topological polar surface area (TPSA) is 38.5 Å². The molecule has 3 nitrogen and oxygen atoms in total. The third-order valence-corrected chi connectivity index (χ3v) is 3.94. The van der Waals surface area contributed by atoms with Gasteiger partial charge < -0.3 is 10.5 Å². The minimum absolute atomic E-state index is 0.413. The van der Waals surface area contributed by atoms with Gasteiger partial charge in [0.05, 0.1) is 12.7 Å². The molecule has 1 aliphatic carbocycles. The van der Waals surface area contributed by atoms with E-state index in [1.807, 2.05) is 0 Å². The van der Waals surface area contributed by atoms with Gasteiger partial charge in [0.25, 0.3) is 0 Å². The fourth-order valence-corrected chi connectivity index (χ4v) is 3.05. The number of hydrogen-bond acceptors (Lipinski definition) is 3. The standard InChI is InChI=1S/C12H24N2O/c1-10-8-14(5-6-15-10)9-12-4-2-3-11(12)7-13/h10-12H,2-9,13H2,1H3. The Balaban J connectivity index is 1.80. The zero-order chi connectivity index (χ0) is 10.7. The summed E-state index contributed by atoms with van der Waals surface area (Å²) in [5, 5.41) is 0. The molecule has 2 rings (SSSR count). The van der Waals surface area contributed by atoms with E-state index in [1.54, 1.807) is 0 Å². The minimum atomic E-state index is 0.413. The molecule has 0 bridgehead atoms. The lowest BCUT2D eigenvalue weighted by atomic mass is 9.95. The second kappa shape index (κ2) is 5.28. The summed E-state index contributed by atoms with van der Waals surface area (Å²) in [6.45, 7) is 7.41. The van der Waals surface area contributed by atoms with Gasteiger partial charge in [-0.05, 0) is 38.1 Å². The lowest BCUT2D eigenvalue weighted by Gasteiger charge is -2.34. The van der Waals surface area contributed by atoms with Crippen LogP contribution >= 0.6 is 0 Å². The molecule has 1 aliphatic heterocycles. The Morgan fingerprint density at radius 3 is 2.87 bits per heavy atom. The molecular formula is C12H24N2O. The number of rotatable bonds is 3. The van der Waals surface area contributed by atoms with Gasteiger partial charge in [-0.25, -0.2) is 0 Å². The van der Waals surface area contributed by atoms with Crippen molar-refractivity contribution in [3.05, 3.63) is 0 Å². The fourth-order valence-electron chi connectivity index (χ4n) is 3.05. The molecule has 3 unspecified atom stereocenters. The first kappa shape index (κ1) is 11.4. The molecule has 2 fully saturated rings. The van der Waals surface area contributed by atoms with Crippen LogP contribution in [0.4, 0.5) is 0 Å². The fraction of sp³-hybridized carbons (Fsp3) is 1.00. The molecule has 0 aromatic carbocycles. The molecule has 0 spiro atoms. The zero-order valence-electron chi connectivity index (χ0n) is 9.82. The third kappa shape index (κ3) is 2.92. The maximum absolute atomic E-state index is 5.81. The zero-order valence-corrected chi connectivity index (χ0v) is 9.82. The normalized spacial score (nSPS) is 38.4. The molecule has 0 aromatic rings. The summed E-state index contributed by atoms with van der Waals surface area (Å²) < 4.78 is 5.56. The molecule has 2 N–H and O–H groups in total. The number of hydrogen-bond donors (Lipinski definition) is 1. The Kier molecular flexibility index (Phi) is 4.00. The van der Waals surface area contributed by atoms with Crippen molar-refractivity contribution in [2.75, 3.05) is 32.8 Å². The lowest BCUT2D eigenvalue weighted by molar-refractivity contribution is -0.0246. The lowest BCUT2D eigenvalue weighted by Crippen LogP contribution is -2.44. The summed E-state index contributed by atoms with van der Waals surface area (Å²) in [6.07, 6.45) is 4.53. The van der Waals surface area contributed by atoms with Crippen LogP contribution in [0, 0.1) is 11.8 Å². The monoisotopic (exact) mass is 212 g/mol. The average Bonchev–Trinajstić information content (AvgIpc) is 2.65. The van der Waals surface area contributed by atoms with Gasteiger partial charge in [0.2, 0.25) is 0 Å². The van der Waals surface area contributed by atoms with Crippen LogP contribution in [0.2, 0.25) is 0 Å². The highest BCUT2D eigenvalue weighted by Gasteiger charge is 2.29. The Hall–Kier alpha value is -0.120. The van der Waals surface area contributed by atoms with E-state index in [-0.39, 0.29) is 0 Å². The quantitative estimate of drug-likeness (QED) is 0.761. The van der Waals surface area contributed by atoms with Gasteiger partial charge >= 0.3 is 0 Å². The highest BCUT2D eigenvalue weighted by molar-refractivity contribution is 4.82. The molecule has 1 heterocycles. The maximum atomic E-state index is 5.81. The largest absolute Gasteiger partial charge is 0.376 e. The highest BCUT2D eigenvalue weighted by atomic mass is 16.5. The van der Waals surface area contributed by atoms with E-state index in [4.69, 9.17) is 10.5 Å². The summed E-state index contributed by atoms with van der Waals surface area (Å²) in [5.41, 5.74) is 5.81. The van der Waals surface area contributed by atoms with Gasteiger partial charge in [0, 0.05) is 19.6 Å². The summed E-state index contributed by atoms with van der Waals surface area (Å²) in [5.74, 6) is 1.63. The van der Waals surface area contributed by atoms with E-state index >= 15 is 0 Å². The Bertz CT molecular complexity index is 198. The summed E-state index contributed by atoms with van der Waals surface area (Å²) in [7, 11) is 0. The molecule has 0 amide bonds. The average molecular weight is 212 g/mol. The van der Waals surface area contributed by atoms with Gasteiger partial charge in [-0.3, -0.25) is 4.90 Å². The van der Waals surface area contributed by atoms with Crippen LogP contribution in [0.5, 0.6) is 0 Å². The smallest absolute Gasteiger partial charge is 0.0674 e. The van der Waals surface area contributed by atoms with Crippen LogP contribution in [-0.2, 0) is 4.74 Å². The van der Waals surface area contributed by atoms with E-state index in [0.717, 1.165) is 38.1 Å². The Morgan fingerprint density at radius 2 is 2.13 bits per heavy atom. The first-order valence-corrected chi connectivity index (χ1v) is 6.33. The minimum Gasteiger partial charge on any atom is -0.376 e. The van der Waals surface area contributed by atoms with Crippen LogP contribution < -0.4 is 5.73 Å². The molecule has 1 saturated carbocycles. The van der Waals surface area contributed by atoms with E-state index in [2.05, 4.69) is 11.8 Å². The van der Waals surface area contributed by atoms with Crippen molar-refractivity contribution in [3.8, 4) is 0 Å². The van der Waals surface area contributed by atoms with Gasteiger partial charge in [-0.15, -0.1) is 0 Å². The molecule has 2 aliphatic rings. The number of morpholine rings is 1. The molecular weight excluding hydrogens is 188 g/mol. The molecule has 3 heteroatoms. The van der Waals surface area contributed by atoms with Gasteiger partial charge in [-0.2, -0.15) is 0 Å². The van der Waals surface area contributed by atoms with E-state index < -0.39 is 0 Å². The summed E-state index contributed by atoms with van der Waals surface area (Å²) >= 11 is 0. The van der Waals surface area contributed by atoms with Crippen molar-refractivity contribution >= 4 is 0 Å². The van der Waals surface area contributed by atoms with Gasteiger partial charge in [0.1, 0.15) is 0 Å². The molecule has 0 aromatic heterocycles. The SMILES string of the molecule is CC1CN(CC2CCCC2CN)CCO1. The molecule has 0 radical (unpaired) electrons. The summed E-state index contributed by atoms with van der Waals surface area (Å²) in [4.78, 5) is 2.56. The van der Waals surface area contributed by atoms with Crippen LogP contribution in [0.3, 0.4) is 0 Å². The maximum Gasteiger partial charge on any atom is 0.0674 e.